The number of hydrogen-bond acceptors (Lipinski definition) is 8. The maximum absolute atomic E-state index is 5.39. The molecule has 0 radical (unpaired) electrons. The molecule has 9 saturated carbocycles. The Labute approximate surface area is 696 Å². The van der Waals surface area contributed by atoms with Gasteiger partial charge in [-0.2, -0.15) is 23.5 Å². The molecule has 0 amide bonds. The van der Waals surface area contributed by atoms with Crippen LogP contribution in [0.4, 0.5) is 0 Å². The third kappa shape index (κ3) is 43.8. The summed E-state index contributed by atoms with van der Waals surface area (Å²) < 4.78 is 31.5. The van der Waals surface area contributed by atoms with E-state index in [0.717, 1.165) is 167 Å². The molecule has 0 aromatic rings. The lowest BCUT2D eigenvalue weighted by atomic mass is 9.55. The molecule has 0 aromatic carbocycles. The molecular formula is C102H192O6S2. The fourth-order valence-electron chi connectivity index (χ4n) is 20.3. The Hall–Kier alpha value is -0.0600. The number of ether oxygens (including phenoxy) is 6. The summed E-state index contributed by atoms with van der Waals surface area (Å²) in [5.74, 6) is 22.3. The van der Waals surface area contributed by atoms with Crippen molar-refractivity contribution < 1.29 is 28.4 Å². The summed E-state index contributed by atoms with van der Waals surface area (Å²) in [5, 5.41) is 1.87. The van der Waals surface area contributed by atoms with Crippen LogP contribution in [0.5, 0.6) is 0 Å². The van der Waals surface area contributed by atoms with Crippen molar-refractivity contribution in [3.63, 3.8) is 0 Å². The van der Waals surface area contributed by atoms with Crippen molar-refractivity contribution >= 4 is 23.5 Å². The molecule has 17 rings (SSSR count). The molecule has 0 spiro atoms. The van der Waals surface area contributed by atoms with Crippen LogP contribution < -0.4 is 0 Å². The summed E-state index contributed by atoms with van der Waals surface area (Å²) >= 11 is 4.25. The quantitative estimate of drug-likeness (QED) is 0.222. The number of thioether (sulfide) groups is 2. The molecule has 11 aliphatic carbocycles. The minimum atomic E-state index is 0.0196. The standard InChI is InChI=1S/C16H28.C12H22.C10H18.C8H16.2C8H14.2C7H14O.2C7H14S.2C6H12O2/c1-11-3-7-15-13(9-11)5-6-14-10-12(2)4-8-16(14)15;1-9-3-5-12-8-10(2)4-6-11(12)7-9;1-9-3-6-10(2,7-4-9)8-5-9;3*1-7-3-5-8(2)6-4-7;4*1-6-3-4-7(2)8-5-6;2*1-5-3-7-6(2)8-4-5/h11-16H,3-10H2,1-2H3;9-12H,3-8H2,1-2H3;3-8H2,1-2H3;7-8H,3-6H2,1-2H3;2*3,8H,4-6H2,1-2H3;4*6-7H,3-5H2,1-2H3;2*5-6H,3-4H2,1-2H3. The van der Waals surface area contributed by atoms with E-state index in [2.05, 4.69) is 188 Å². The number of rotatable bonds is 0. The smallest absolute Gasteiger partial charge is 0.154 e. The van der Waals surface area contributed by atoms with E-state index in [0.29, 0.717) is 24.0 Å². The van der Waals surface area contributed by atoms with E-state index in [9.17, 15) is 0 Å². The molecule has 0 aromatic heterocycles. The minimum Gasteiger partial charge on any atom is -0.378 e. The Morgan fingerprint density at radius 2 is 0.536 bits per heavy atom. The third-order valence-corrected chi connectivity index (χ3v) is 32.8. The highest BCUT2D eigenvalue weighted by molar-refractivity contribution is 8.00. The zero-order valence-corrected chi connectivity index (χ0v) is 79.6. The van der Waals surface area contributed by atoms with E-state index in [1.165, 1.54) is 217 Å². The van der Waals surface area contributed by atoms with Gasteiger partial charge in [-0.15, -0.1) is 0 Å². The summed E-state index contributed by atoms with van der Waals surface area (Å²) in [5.41, 5.74) is 4.70. The van der Waals surface area contributed by atoms with Gasteiger partial charge in [-0.25, -0.2) is 0 Å². The van der Waals surface area contributed by atoms with E-state index in [1.54, 1.807) is 49.7 Å². The largest absolute Gasteiger partial charge is 0.378 e. The molecule has 2 bridgehead atoms. The van der Waals surface area contributed by atoms with E-state index in [-0.39, 0.29) is 12.6 Å². The van der Waals surface area contributed by atoms with E-state index in [4.69, 9.17) is 28.4 Å². The van der Waals surface area contributed by atoms with E-state index < -0.39 is 0 Å². The average molecular weight is 1580 g/mol. The summed E-state index contributed by atoms with van der Waals surface area (Å²) in [4.78, 5) is 0. The summed E-state index contributed by atoms with van der Waals surface area (Å²) in [6.45, 7) is 60.2. The lowest BCUT2D eigenvalue weighted by molar-refractivity contribution is -0.187. The molecule has 648 valence electrons. The zero-order valence-electron chi connectivity index (χ0n) is 78.0. The van der Waals surface area contributed by atoms with Gasteiger partial charge in [0, 0.05) is 35.5 Å². The highest BCUT2D eigenvalue weighted by atomic mass is 32.2. The maximum Gasteiger partial charge on any atom is 0.154 e. The van der Waals surface area contributed by atoms with Gasteiger partial charge in [0.25, 0.3) is 0 Å². The first kappa shape index (κ1) is 101. The molecule has 6 aliphatic heterocycles. The van der Waals surface area contributed by atoms with Gasteiger partial charge in [0.1, 0.15) is 0 Å². The summed E-state index contributed by atoms with van der Waals surface area (Å²) in [7, 11) is 0. The molecule has 20 atom stereocenters. The fourth-order valence-corrected chi connectivity index (χ4v) is 22.5. The van der Waals surface area contributed by atoms with Crippen LogP contribution in [-0.2, 0) is 28.4 Å². The van der Waals surface area contributed by atoms with Gasteiger partial charge in [0.15, 0.2) is 12.6 Å². The van der Waals surface area contributed by atoms with Crippen molar-refractivity contribution in [3.8, 4) is 0 Å². The minimum absolute atomic E-state index is 0.0196. The zero-order chi connectivity index (χ0) is 80.8. The van der Waals surface area contributed by atoms with Crippen LogP contribution in [0.3, 0.4) is 0 Å². The lowest BCUT2D eigenvalue weighted by Gasteiger charge is -2.50. The second kappa shape index (κ2) is 55.0. The first-order valence-electron chi connectivity index (χ1n) is 48.4. The number of hydrogen-bond donors (Lipinski definition) is 0. The highest BCUT2D eigenvalue weighted by Gasteiger charge is 2.45. The molecule has 20 unspecified atom stereocenters. The van der Waals surface area contributed by atoms with Crippen LogP contribution in [-0.4, -0.2) is 86.4 Å². The van der Waals surface area contributed by atoms with Crippen LogP contribution in [0, 0.1) is 129 Å². The van der Waals surface area contributed by atoms with Gasteiger partial charge in [0.05, 0.1) is 38.6 Å². The molecule has 0 N–H and O–H groups in total. The summed E-state index contributed by atoms with van der Waals surface area (Å²) in [6.07, 6.45) is 61.4. The number of allylic oxidation sites excluding steroid dienone is 4. The summed E-state index contributed by atoms with van der Waals surface area (Å²) in [6, 6.07) is 0. The van der Waals surface area contributed by atoms with Gasteiger partial charge in [-0.1, -0.05) is 199 Å². The van der Waals surface area contributed by atoms with Crippen molar-refractivity contribution in [1.82, 2.24) is 0 Å². The van der Waals surface area contributed by atoms with Gasteiger partial charge in [-0.3, -0.25) is 0 Å². The molecular weight excluding hydrogens is 1390 g/mol. The molecule has 6 heterocycles. The Balaban J connectivity index is 0.000000217. The Morgan fingerprint density at radius 3 is 0.782 bits per heavy atom. The Morgan fingerprint density at radius 1 is 0.264 bits per heavy atom. The van der Waals surface area contributed by atoms with Crippen LogP contribution in [0.2, 0.25) is 0 Å². The molecule has 110 heavy (non-hydrogen) atoms. The van der Waals surface area contributed by atoms with Crippen molar-refractivity contribution in [2.24, 2.45) is 129 Å². The van der Waals surface area contributed by atoms with Crippen molar-refractivity contribution in [1.29, 1.82) is 0 Å². The van der Waals surface area contributed by atoms with E-state index >= 15 is 0 Å². The monoisotopic (exact) mass is 1580 g/mol. The molecule has 15 fully saturated rings. The van der Waals surface area contributed by atoms with Crippen molar-refractivity contribution in [2.45, 2.75) is 445 Å². The first-order valence-corrected chi connectivity index (χ1v) is 50.5. The van der Waals surface area contributed by atoms with Gasteiger partial charge in [0.2, 0.25) is 0 Å². The first-order chi connectivity index (χ1) is 52.2. The molecule has 8 heteroatoms. The van der Waals surface area contributed by atoms with Gasteiger partial charge in [-0.05, 0) is 363 Å². The normalized spacial score (nSPS) is 42.4. The van der Waals surface area contributed by atoms with Crippen LogP contribution in [0.15, 0.2) is 23.3 Å². The van der Waals surface area contributed by atoms with Crippen molar-refractivity contribution in [3.05, 3.63) is 23.3 Å². The average Bonchev–Trinajstić information content (AvgIpc) is 0.792. The van der Waals surface area contributed by atoms with Crippen LogP contribution in [0.1, 0.15) is 410 Å². The molecule has 6 nitrogen and oxygen atoms in total. The van der Waals surface area contributed by atoms with Crippen LogP contribution >= 0.6 is 23.5 Å². The fraction of sp³-hybridized carbons (Fsp3) is 0.961. The Bertz CT molecular complexity index is 1940. The van der Waals surface area contributed by atoms with E-state index in [1.807, 2.05) is 13.8 Å². The molecule has 6 saturated heterocycles. The molecule has 17 aliphatic rings. The van der Waals surface area contributed by atoms with Gasteiger partial charge >= 0.3 is 0 Å². The SMILES string of the molecule is CC12CCC(C)(CC1)CC2.CC1=CCC(C)CC1.CC1=CCC(C)CC1.CC1CCC(C)CC1.CC1CCC(C)OC1.CC1CCC(C)OC1.CC1CCC(C)SC1.CC1CCC(C)SC1.CC1CCC2C(CCC3CC(C)CCC32)C1.CC1CCC2CC(C)CCC2C1.CC1COC(C)OC1.CC1COC(C)OC1. The predicted octanol–water partition coefficient (Wildman–Crippen LogP) is 31.2. The topological polar surface area (TPSA) is 55.4 Å². The predicted molar refractivity (Wildman–Crippen MR) is 486 cm³/mol. The van der Waals surface area contributed by atoms with Crippen LogP contribution in [0.25, 0.3) is 0 Å². The number of fused-ring (bicyclic) bond motifs is 7. The second-order valence-electron chi connectivity index (χ2n) is 42.9. The third-order valence-electron chi connectivity index (χ3n) is 29.7. The highest BCUT2D eigenvalue weighted by Crippen LogP contribution is 2.57. The maximum atomic E-state index is 5.39. The van der Waals surface area contributed by atoms with Gasteiger partial charge < -0.3 is 28.4 Å². The Kier molecular flexibility index (Phi) is 50.2. The lowest BCUT2D eigenvalue weighted by Crippen LogP contribution is -2.40. The van der Waals surface area contributed by atoms with Crippen molar-refractivity contribution in [2.75, 3.05) is 51.1 Å². The second-order valence-corrected chi connectivity index (χ2v) is 45.9.